The van der Waals surface area contributed by atoms with E-state index in [4.69, 9.17) is 14.2 Å². The summed E-state index contributed by atoms with van der Waals surface area (Å²) in [7, 11) is 0. The Morgan fingerprint density at radius 1 is 1.23 bits per heavy atom. The van der Waals surface area contributed by atoms with Crippen LogP contribution in [0.2, 0.25) is 0 Å². The van der Waals surface area contributed by atoms with Gasteiger partial charge in [0.25, 0.3) is 0 Å². The third kappa shape index (κ3) is 3.82. The van der Waals surface area contributed by atoms with E-state index in [0.29, 0.717) is 30.5 Å². The van der Waals surface area contributed by atoms with Gasteiger partial charge in [-0.15, -0.1) is 0 Å². The lowest BCUT2D eigenvalue weighted by Gasteiger charge is -2.41. The number of halogens is 1. The quantitative estimate of drug-likeness (QED) is 0.301. The van der Waals surface area contributed by atoms with E-state index in [1.165, 1.54) is 0 Å². The van der Waals surface area contributed by atoms with Crippen molar-refractivity contribution in [1.82, 2.24) is 0 Å². The van der Waals surface area contributed by atoms with E-state index < -0.39 is 11.2 Å². The number of hydrogen-bond acceptors (Lipinski definition) is 5. The van der Waals surface area contributed by atoms with Crippen LogP contribution in [-0.2, 0) is 23.8 Å². The topological polar surface area (TPSA) is 61.8 Å². The van der Waals surface area contributed by atoms with Crippen LogP contribution >= 0.6 is 22.6 Å². The molecule has 0 aromatic rings. The summed E-state index contributed by atoms with van der Waals surface area (Å²) in [4.78, 5) is 24.8. The second kappa shape index (κ2) is 6.73. The molecule has 2 rings (SSSR count). The van der Waals surface area contributed by atoms with Crippen LogP contribution in [-0.4, -0.2) is 41.8 Å². The lowest BCUT2D eigenvalue weighted by molar-refractivity contribution is -0.287. The molecule has 1 atom stereocenters. The van der Waals surface area contributed by atoms with Gasteiger partial charge in [0.15, 0.2) is 11.6 Å². The lowest BCUT2D eigenvalue weighted by Crippen LogP contribution is -2.49. The van der Waals surface area contributed by atoms with Crippen molar-refractivity contribution in [1.29, 1.82) is 0 Å². The third-order valence-corrected chi connectivity index (χ3v) is 5.80. The Hall–Kier alpha value is -0.210. The standard InChI is InChI=1S/C16H25IO5/c1-14(2)21-10-15(3,11-22-14)9-20-13(19)16(8-17)7-5-4-6-12(16)18/h4-11H2,1-3H3. The van der Waals surface area contributed by atoms with E-state index >= 15 is 0 Å². The van der Waals surface area contributed by atoms with E-state index in [1.807, 2.05) is 20.8 Å². The molecule has 0 N–H and O–H groups in total. The Labute approximate surface area is 145 Å². The zero-order valence-electron chi connectivity index (χ0n) is 13.6. The number of carbonyl (C=O) groups is 2. The van der Waals surface area contributed by atoms with Gasteiger partial charge in [0, 0.05) is 16.3 Å². The SMILES string of the molecule is CC1(COC(=O)C2(CI)CCCCC2=O)COC(C)(C)OC1. The maximum atomic E-state index is 12.5. The van der Waals surface area contributed by atoms with Crippen LogP contribution in [0.1, 0.15) is 46.5 Å². The molecule has 1 aliphatic carbocycles. The van der Waals surface area contributed by atoms with Gasteiger partial charge in [-0.1, -0.05) is 35.9 Å². The van der Waals surface area contributed by atoms with Gasteiger partial charge >= 0.3 is 5.97 Å². The van der Waals surface area contributed by atoms with E-state index in [-0.39, 0.29) is 23.8 Å². The summed E-state index contributed by atoms with van der Waals surface area (Å²) in [5.74, 6) is -0.940. The molecule has 126 valence electrons. The molecule has 1 saturated heterocycles. The minimum absolute atomic E-state index is 0.0283. The number of esters is 1. The van der Waals surface area contributed by atoms with Crippen LogP contribution < -0.4 is 0 Å². The van der Waals surface area contributed by atoms with Gasteiger partial charge in [0.2, 0.25) is 0 Å². The molecule has 6 heteroatoms. The summed E-state index contributed by atoms with van der Waals surface area (Å²) in [6, 6.07) is 0. The second-order valence-electron chi connectivity index (χ2n) is 7.21. The fraction of sp³-hybridized carbons (Fsp3) is 0.875. The van der Waals surface area contributed by atoms with Crippen molar-refractivity contribution in [2.24, 2.45) is 10.8 Å². The Morgan fingerprint density at radius 2 is 1.86 bits per heavy atom. The Kier molecular flexibility index (Phi) is 5.54. The molecule has 0 bridgehead atoms. The highest BCUT2D eigenvalue weighted by atomic mass is 127. The fourth-order valence-electron chi connectivity index (χ4n) is 2.74. The van der Waals surface area contributed by atoms with E-state index in [2.05, 4.69) is 22.6 Å². The van der Waals surface area contributed by atoms with Crippen molar-refractivity contribution >= 4 is 34.3 Å². The van der Waals surface area contributed by atoms with Gasteiger partial charge in [0.1, 0.15) is 12.0 Å². The number of rotatable bonds is 4. The number of ether oxygens (including phenoxy) is 3. The van der Waals surface area contributed by atoms with Gasteiger partial charge in [-0.3, -0.25) is 9.59 Å². The summed E-state index contributed by atoms with van der Waals surface area (Å²) >= 11 is 2.12. The summed E-state index contributed by atoms with van der Waals surface area (Å²) in [5.41, 5.74) is -1.31. The van der Waals surface area contributed by atoms with Crippen LogP contribution in [0.25, 0.3) is 0 Å². The van der Waals surface area contributed by atoms with Gasteiger partial charge in [0.05, 0.1) is 13.2 Å². The smallest absolute Gasteiger partial charge is 0.320 e. The zero-order valence-corrected chi connectivity index (χ0v) is 15.7. The predicted molar refractivity (Wildman–Crippen MR) is 89.8 cm³/mol. The first-order valence-electron chi connectivity index (χ1n) is 7.78. The average Bonchev–Trinajstić information content (AvgIpc) is 2.49. The normalized spacial score (nSPS) is 30.8. The molecule has 0 radical (unpaired) electrons. The number of ketones is 1. The van der Waals surface area contributed by atoms with E-state index in [9.17, 15) is 9.59 Å². The van der Waals surface area contributed by atoms with Crippen molar-refractivity contribution in [3.63, 3.8) is 0 Å². The van der Waals surface area contributed by atoms with Gasteiger partial charge in [-0.25, -0.2) is 0 Å². The number of carbonyl (C=O) groups excluding carboxylic acids is 2. The molecule has 1 heterocycles. The molecule has 1 saturated carbocycles. The van der Waals surface area contributed by atoms with Crippen molar-refractivity contribution in [2.75, 3.05) is 24.2 Å². The van der Waals surface area contributed by atoms with Crippen LogP contribution in [0.5, 0.6) is 0 Å². The van der Waals surface area contributed by atoms with E-state index in [1.54, 1.807) is 0 Å². The van der Waals surface area contributed by atoms with Crippen LogP contribution in [0.15, 0.2) is 0 Å². The van der Waals surface area contributed by atoms with Crippen LogP contribution in [0.4, 0.5) is 0 Å². The van der Waals surface area contributed by atoms with Crippen molar-refractivity contribution < 1.29 is 23.8 Å². The minimum Gasteiger partial charge on any atom is -0.464 e. The largest absolute Gasteiger partial charge is 0.464 e. The van der Waals surface area contributed by atoms with Crippen molar-refractivity contribution in [2.45, 2.75) is 52.2 Å². The molecule has 0 aromatic carbocycles. The molecule has 1 aliphatic heterocycles. The number of Topliss-reactive ketones (excluding diaryl/α,β-unsaturated/α-hetero) is 1. The minimum atomic E-state index is -0.940. The Balaban J connectivity index is 1.95. The molecule has 0 amide bonds. The van der Waals surface area contributed by atoms with Gasteiger partial charge in [-0.05, 0) is 26.7 Å². The summed E-state index contributed by atoms with van der Waals surface area (Å²) in [6.45, 7) is 6.86. The first kappa shape index (κ1) is 18.1. The number of hydrogen-bond donors (Lipinski definition) is 0. The fourth-order valence-corrected chi connectivity index (χ4v) is 3.86. The van der Waals surface area contributed by atoms with Crippen LogP contribution in [0.3, 0.4) is 0 Å². The molecule has 2 fully saturated rings. The molecule has 1 unspecified atom stereocenters. The molecular formula is C16H25IO5. The first-order valence-corrected chi connectivity index (χ1v) is 9.30. The second-order valence-corrected chi connectivity index (χ2v) is 7.97. The van der Waals surface area contributed by atoms with Gasteiger partial charge < -0.3 is 14.2 Å². The monoisotopic (exact) mass is 424 g/mol. The zero-order chi connectivity index (χ0) is 16.4. The highest BCUT2D eigenvalue weighted by molar-refractivity contribution is 14.1. The van der Waals surface area contributed by atoms with Crippen LogP contribution in [0, 0.1) is 10.8 Å². The highest BCUT2D eigenvalue weighted by Crippen LogP contribution is 2.37. The van der Waals surface area contributed by atoms with Crippen molar-refractivity contribution in [3.05, 3.63) is 0 Å². The summed E-state index contributed by atoms with van der Waals surface area (Å²) in [6.07, 6.45) is 2.86. The van der Waals surface area contributed by atoms with E-state index in [0.717, 1.165) is 12.8 Å². The maximum absolute atomic E-state index is 12.5. The number of alkyl halides is 1. The lowest BCUT2D eigenvalue weighted by atomic mass is 9.74. The summed E-state index contributed by atoms with van der Waals surface area (Å²) < 4.78 is 17.3. The predicted octanol–water partition coefficient (Wildman–Crippen LogP) is 2.88. The first-order chi connectivity index (χ1) is 10.2. The average molecular weight is 424 g/mol. The molecule has 5 nitrogen and oxygen atoms in total. The molecule has 0 spiro atoms. The Morgan fingerprint density at radius 3 is 2.41 bits per heavy atom. The van der Waals surface area contributed by atoms with Crippen molar-refractivity contribution in [3.8, 4) is 0 Å². The molecular weight excluding hydrogens is 399 g/mol. The molecule has 2 aliphatic rings. The third-order valence-electron chi connectivity index (χ3n) is 4.50. The Bertz CT molecular complexity index is 438. The maximum Gasteiger partial charge on any atom is 0.320 e. The van der Waals surface area contributed by atoms with Gasteiger partial charge in [-0.2, -0.15) is 0 Å². The highest BCUT2D eigenvalue weighted by Gasteiger charge is 2.48. The summed E-state index contributed by atoms with van der Waals surface area (Å²) in [5, 5.41) is 0. The molecule has 22 heavy (non-hydrogen) atoms. The molecule has 0 aromatic heterocycles.